The lowest BCUT2D eigenvalue weighted by Gasteiger charge is -2.39. The number of anilines is 2. The third-order valence-electron chi connectivity index (χ3n) is 13.5. The summed E-state index contributed by atoms with van der Waals surface area (Å²) >= 11 is 6.27. The van der Waals surface area contributed by atoms with Gasteiger partial charge in [0.15, 0.2) is 5.75 Å². The number of para-hydroxylation sites is 1. The number of carbonyl (C=O) groups is 1. The summed E-state index contributed by atoms with van der Waals surface area (Å²) in [5.74, 6) is 0.0510. The van der Waals surface area contributed by atoms with Crippen LogP contribution in [0.15, 0.2) is 89.7 Å². The fourth-order valence-electron chi connectivity index (χ4n) is 9.78. The minimum atomic E-state index is -4.47. The summed E-state index contributed by atoms with van der Waals surface area (Å²) in [6.45, 7) is 11.8. The molecule has 4 aliphatic rings. The molecule has 2 aromatic carbocycles. The van der Waals surface area contributed by atoms with Crippen molar-refractivity contribution >= 4 is 55.6 Å². The number of allylic oxidation sites excluding steroid dienone is 1. The van der Waals surface area contributed by atoms with E-state index in [1.807, 2.05) is 30.3 Å². The molecule has 14 nitrogen and oxygen atoms in total. The van der Waals surface area contributed by atoms with Crippen molar-refractivity contribution in [3.63, 3.8) is 0 Å². The van der Waals surface area contributed by atoms with Crippen molar-refractivity contribution in [2.24, 2.45) is 5.41 Å². The number of sulfonamides is 1. The summed E-state index contributed by atoms with van der Waals surface area (Å²) < 4.78 is 42.1. The van der Waals surface area contributed by atoms with E-state index in [1.54, 1.807) is 24.5 Å². The van der Waals surface area contributed by atoms with Gasteiger partial charge in [-0.1, -0.05) is 49.2 Å². The molecule has 9 rings (SSSR count). The zero-order valence-electron chi connectivity index (χ0n) is 37.0. The molecule has 5 heterocycles. The smallest absolute Gasteiger partial charge is 0.268 e. The van der Waals surface area contributed by atoms with E-state index in [4.69, 9.17) is 21.1 Å². The summed E-state index contributed by atoms with van der Waals surface area (Å²) in [5, 5.41) is 15.0. The number of aromatic amines is 1. The summed E-state index contributed by atoms with van der Waals surface area (Å²) in [4.78, 5) is 33.1. The first-order valence-electron chi connectivity index (χ1n) is 22.7. The van der Waals surface area contributed by atoms with Crippen molar-refractivity contribution in [3.05, 3.63) is 107 Å². The predicted octanol–water partition coefficient (Wildman–Crippen LogP) is 8.24. The van der Waals surface area contributed by atoms with Crippen LogP contribution in [0.4, 0.5) is 11.5 Å². The normalized spacial score (nSPS) is 20.9. The van der Waals surface area contributed by atoms with Gasteiger partial charge in [-0.25, -0.2) is 23.1 Å². The van der Waals surface area contributed by atoms with Crippen LogP contribution in [0.5, 0.6) is 11.5 Å². The lowest BCUT2D eigenvalue weighted by molar-refractivity contribution is 0.00790. The van der Waals surface area contributed by atoms with Gasteiger partial charge < -0.3 is 24.7 Å². The number of amides is 1. The standard InChI is InChI=1S/C49H56ClN9O5S/c1-49(2)16-14-35(43(28-49)33-6-8-37(50)9-7-33)32-57-18-20-59(21-19-57)44-5-3-4-42(45(44)64-40-26-34-15-17-52-46(34)53-30-40)48(60)56-65(61,62)41-27-36(29-51)47(54-31-41)55-38-10-12-39(13-11-38)58-22-24-63-25-23-58/h3-9,15,17,26-27,30-31,38-39H,10-14,16,18-25,28,32H2,1-2H3,(H,52,53)(H,54,55)(H,56,60). The van der Waals surface area contributed by atoms with Crippen molar-refractivity contribution < 1.29 is 22.7 Å². The Hall–Kier alpha value is -5.50. The quantitative estimate of drug-likeness (QED) is 0.110. The highest BCUT2D eigenvalue weighted by atomic mass is 35.5. The molecule has 0 atom stereocenters. The molecule has 2 aliphatic carbocycles. The first-order valence-corrected chi connectivity index (χ1v) is 24.5. The molecule has 0 unspecified atom stereocenters. The Morgan fingerprint density at radius 1 is 0.985 bits per heavy atom. The predicted molar refractivity (Wildman–Crippen MR) is 253 cm³/mol. The van der Waals surface area contributed by atoms with Crippen LogP contribution in [-0.4, -0.2) is 110 Å². The fourth-order valence-corrected chi connectivity index (χ4v) is 10.8. The number of ether oxygens (including phenoxy) is 2. The molecule has 5 aromatic rings. The molecule has 0 spiro atoms. The van der Waals surface area contributed by atoms with Crippen LogP contribution < -0.4 is 19.7 Å². The molecule has 340 valence electrons. The van der Waals surface area contributed by atoms with Gasteiger partial charge >= 0.3 is 0 Å². The van der Waals surface area contributed by atoms with Gasteiger partial charge in [0.2, 0.25) is 0 Å². The molecule has 3 N–H and O–H groups in total. The largest absolute Gasteiger partial charge is 0.453 e. The SMILES string of the molecule is CC1(C)CCC(CN2CCN(c3cccc(C(=O)NS(=O)(=O)c4cnc(NC5CCC(N6CCOCC6)CC5)c(C#N)c4)c3Oc3cnc4[nH]ccc4c3)CC2)=C(c2ccc(Cl)cc2)C1. The van der Waals surface area contributed by atoms with Crippen LogP contribution in [0.25, 0.3) is 16.6 Å². The summed E-state index contributed by atoms with van der Waals surface area (Å²) in [7, 11) is -4.47. The zero-order valence-corrected chi connectivity index (χ0v) is 38.6. The number of H-pyrrole nitrogens is 1. The molecule has 1 amide bonds. The van der Waals surface area contributed by atoms with Gasteiger partial charge in [-0.15, -0.1) is 0 Å². The van der Waals surface area contributed by atoms with E-state index in [0.717, 1.165) is 101 Å². The van der Waals surface area contributed by atoms with E-state index in [-0.39, 0.29) is 33.2 Å². The molecule has 1 saturated carbocycles. The molecule has 2 saturated heterocycles. The number of nitriles is 1. The average molecular weight is 919 g/mol. The summed E-state index contributed by atoms with van der Waals surface area (Å²) in [6, 6.07) is 21.1. The molecular formula is C49H56ClN9O5S. The number of halogens is 1. The lowest BCUT2D eigenvalue weighted by atomic mass is 9.72. The minimum Gasteiger partial charge on any atom is -0.453 e. The number of hydrogen-bond donors (Lipinski definition) is 3. The number of aromatic nitrogens is 3. The highest BCUT2D eigenvalue weighted by Gasteiger charge is 2.32. The third-order valence-corrected chi connectivity index (χ3v) is 15.0. The van der Waals surface area contributed by atoms with Gasteiger partial charge in [0.05, 0.1) is 36.2 Å². The van der Waals surface area contributed by atoms with E-state index < -0.39 is 15.9 Å². The number of carbonyl (C=O) groups excluding carboxylic acids is 1. The Kier molecular flexibility index (Phi) is 13.2. The second-order valence-electron chi connectivity index (χ2n) is 18.4. The van der Waals surface area contributed by atoms with Crippen molar-refractivity contribution in [2.75, 3.05) is 69.2 Å². The number of rotatable bonds is 12. The second-order valence-corrected chi connectivity index (χ2v) is 20.6. The van der Waals surface area contributed by atoms with Crippen molar-refractivity contribution in [3.8, 4) is 17.6 Å². The number of nitrogens with one attached hydrogen (secondary N) is 3. The Labute approximate surface area is 386 Å². The van der Waals surface area contributed by atoms with E-state index >= 15 is 0 Å². The highest BCUT2D eigenvalue weighted by molar-refractivity contribution is 7.90. The van der Waals surface area contributed by atoms with E-state index in [9.17, 15) is 18.5 Å². The number of morpholine rings is 1. The van der Waals surface area contributed by atoms with E-state index in [1.165, 1.54) is 29.0 Å². The van der Waals surface area contributed by atoms with E-state index in [0.29, 0.717) is 42.0 Å². The number of hydrogen-bond acceptors (Lipinski definition) is 12. The van der Waals surface area contributed by atoms with Crippen LogP contribution >= 0.6 is 11.6 Å². The van der Waals surface area contributed by atoms with Crippen LogP contribution in [0.3, 0.4) is 0 Å². The molecule has 2 aliphatic heterocycles. The molecular weight excluding hydrogens is 862 g/mol. The number of fused-ring (bicyclic) bond motifs is 1. The van der Waals surface area contributed by atoms with Gasteiger partial charge in [0.1, 0.15) is 28.2 Å². The Bertz CT molecular complexity index is 2710. The third kappa shape index (κ3) is 10.3. The maximum atomic E-state index is 14.2. The van der Waals surface area contributed by atoms with Crippen LogP contribution in [-0.2, 0) is 14.8 Å². The number of piperazine rings is 1. The monoisotopic (exact) mass is 917 g/mol. The molecule has 3 aromatic heterocycles. The van der Waals surface area contributed by atoms with Gasteiger partial charge in [0.25, 0.3) is 15.9 Å². The second kappa shape index (κ2) is 19.1. The van der Waals surface area contributed by atoms with Crippen molar-refractivity contribution in [1.82, 2.24) is 29.5 Å². The van der Waals surface area contributed by atoms with Crippen molar-refractivity contribution in [2.45, 2.75) is 75.8 Å². The highest BCUT2D eigenvalue weighted by Crippen LogP contribution is 2.44. The van der Waals surface area contributed by atoms with Crippen molar-refractivity contribution in [1.29, 1.82) is 5.26 Å². The number of nitrogens with zero attached hydrogens (tertiary/aromatic N) is 6. The van der Waals surface area contributed by atoms with Gasteiger partial charge in [-0.3, -0.25) is 14.6 Å². The minimum absolute atomic E-state index is 0.0321. The average Bonchev–Trinajstić information content (AvgIpc) is 3.79. The van der Waals surface area contributed by atoms with Crippen LogP contribution in [0.2, 0.25) is 5.02 Å². The molecule has 3 fully saturated rings. The summed E-state index contributed by atoms with van der Waals surface area (Å²) in [6.07, 6.45) is 11.6. The number of pyridine rings is 2. The maximum Gasteiger partial charge on any atom is 0.268 e. The fraction of sp³-hybridized carbons (Fsp3) is 0.429. The maximum absolute atomic E-state index is 14.2. The van der Waals surface area contributed by atoms with Gasteiger partial charge in [0, 0.05) is 80.7 Å². The molecule has 65 heavy (non-hydrogen) atoms. The Morgan fingerprint density at radius 2 is 1.75 bits per heavy atom. The number of benzene rings is 2. The lowest BCUT2D eigenvalue weighted by Crippen LogP contribution is -2.47. The summed E-state index contributed by atoms with van der Waals surface area (Å²) in [5.41, 5.74) is 5.77. The van der Waals surface area contributed by atoms with Gasteiger partial charge in [-0.2, -0.15) is 5.26 Å². The van der Waals surface area contributed by atoms with Gasteiger partial charge in [-0.05, 0) is 104 Å². The van der Waals surface area contributed by atoms with Crippen LogP contribution in [0, 0.1) is 16.7 Å². The molecule has 0 radical (unpaired) electrons. The Balaban J connectivity index is 0.921. The topological polar surface area (TPSA) is 169 Å². The molecule has 0 bridgehead atoms. The zero-order chi connectivity index (χ0) is 45.1. The molecule has 16 heteroatoms. The van der Waals surface area contributed by atoms with E-state index in [2.05, 4.69) is 71.7 Å². The first-order chi connectivity index (χ1) is 31.4. The Morgan fingerprint density at radius 3 is 2.51 bits per heavy atom. The first kappa shape index (κ1) is 44.7. The van der Waals surface area contributed by atoms with Crippen LogP contribution in [0.1, 0.15) is 80.3 Å².